The summed E-state index contributed by atoms with van der Waals surface area (Å²) in [7, 11) is 0. The zero-order chi connectivity index (χ0) is 40.7. The molecule has 0 N–H and O–H groups in total. The fourth-order valence-electron chi connectivity index (χ4n) is 9.80. The molecule has 4 heteroatoms. The molecule has 3 aromatic heterocycles. The van der Waals surface area contributed by atoms with Gasteiger partial charge >= 0.3 is 0 Å². The standard InChI is InChI=1S/C58H36N4/c1-3-17-39(18-4-1)50-35-51(42-28-27-37-15-7-8-19-40(37)31-42)60-58(59-50)43-32-41-20-10-11-23-45(41)54(33-43)62-52-26-14-13-25-47(52)48-34-49-56(36-55(48)62)61(44-21-5-2-6-22-44)53-30-29-38-16-9-12-24-46(38)57(49)53/h1-36H. The van der Waals surface area contributed by atoms with Gasteiger partial charge in [-0.1, -0.05) is 158 Å². The van der Waals surface area contributed by atoms with E-state index < -0.39 is 0 Å². The molecule has 0 aliphatic rings. The van der Waals surface area contributed by atoms with Crippen LogP contribution in [0.5, 0.6) is 0 Å². The van der Waals surface area contributed by atoms with Gasteiger partial charge in [-0.3, -0.25) is 0 Å². The number of hydrogen-bond donors (Lipinski definition) is 0. The molecule has 0 saturated heterocycles. The molecule has 0 fully saturated rings. The average molecular weight is 789 g/mol. The fourth-order valence-corrected chi connectivity index (χ4v) is 9.80. The Balaban J connectivity index is 1.11. The number of para-hydroxylation sites is 2. The molecule has 288 valence electrons. The second-order valence-corrected chi connectivity index (χ2v) is 16.2. The molecule has 13 aromatic rings. The lowest BCUT2D eigenvalue weighted by atomic mass is 10.0. The largest absolute Gasteiger partial charge is 0.309 e. The van der Waals surface area contributed by atoms with Crippen molar-refractivity contribution in [3.8, 4) is 45.3 Å². The molecule has 0 unspecified atom stereocenters. The van der Waals surface area contributed by atoms with E-state index in [0.717, 1.165) is 61.3 Å². The molecule has 0 spiro atoms. The topological polar surface area (TPSA) is 35.6 Å². The van der Waals surface area contributed by atoms with Gasteiger partial charge in [0.05, 0.1) is 39.1 Å². The van der Waals surface area contributed by atoms with Crippen LogP contribution in [-0.2, 0) is 0 Å². The Hall–Kier alpha value is -8.34. The van der Waals surface area contributed by atoms with E-state index in [9.17, 15) is 0 Å². The molecular formula is C58H36N4. The molecule has 4 nitrogen and oxygen atoms in total. The van der Waals surface area contributed by atoms with Crippen LogP contribution in [0.4, 0.5) is 0 Å². The average Bonchev–Trinajstić information content (AvgIpc) is 3.85. The van der Waals surface area contributed by atoms with Crippen molar-refractivity contribution >= 4 is 75.9 Å². The summed E-state index contributed by atoms with van der Waals surface area (Å²) in [6, 6.07) is 78.6. The van der Waals surface area contributed by atoms with Gasteiger partial charge in [-0.25, -0.2) is 9.97 Å². The first kappa shape index (κ1) is 34.5. The Labute approximate surface area is 357 Å². The van der Waals surface area contributed by atoms with Crippen molar-refractivity contribution in [2.75, 3.05) is 0 Å². The molecule has 10 aromatic carbocycles. The molecule has 0 bridgehead atoms. The second-order valence-electron chi connectivity index (χ2n) is 16.2. The maximum Gasteiger partial charge on any atom is 0.160 e. The molecule has 0 atom stereocenters. The van der Waals surface area contributed by atoms with Gasteiger partial charge in [-0.05, 0) is 87.6 Å². The van der Waals surface area contributed by atoms with Crippen molar-refractivity contribution < 1.29 is 0 Å². The van der Waals surface area contributed by atoms with E-state index in [1.165, 1.54) is 54.1 Å². The Morgan fingerprint density at radius 3 is 1.73 bits per heavy atom. The van der Waals surface area contributed by atoms with E-state index in [4.69, 9.17) is 9.97 Å². The van der Waals surface area contributed by atoms with Gasteiger partial charge in [0, 0.05) is 49.3 Å². The van der Waals surface area contributed by atoms with E-state index in [-0.39, 0.29) is 0 Å². The molecule has 3 heterocycles. The molecule has 0 aliphatic heterocycles. The SMILES string of the molecule is c1ccc(-c2cc(-c3ccc4ccccc4c3)nc(-c3cc(-n4c5ccccc5c5cc6c7c8ccccc8ccc7n(-c7ccccc7)c6cc54)c4ccccc4c3)n2)cc1. The number of aromatic nitrogens is 4. The van der Waals surface area contributed by atoms with E-state index in [2.05, 4.69) is 221 Å². The number of hydrogen-bond acceptors (Lipinski definition) is 2. The fraction of sp³-hybridized carbons (Fsp3) is 0. The summed E-state index contributed by atoms with van der Waals surface area (Å²) in [5.41, 5.74) is 11.7. The third-order valence-corrected chi connectivity index (χ3v) is 12.6. The van der Waals surface area contributed by atoms with Crippen LogP contribution in [-0.4, -0.2) is 19.1 Å². The first-order valence-corrected chi connectivity index (χ1v) is 21.2. The minimum atomic E-state index is 0.681. The minimum Gasteiger partial charge on any atom is -0.309 e. The number of benzene rings is 10. The van der Waals surface area contributed by atoms with E-state index in [0.29, 0.717) is 5.82 Å². The minimum absolute atomic E-state index is 0.681. The lowest BCUT2D eigenvalue weighted by Gasteiger charge is -2.15. The van der Waals surface area contributed by atoms with Crippen LogP contribution in [0.1, 0.15) is 0 Å². The van der Waals surface area contributed by atoms with Crippen LogP contribution in [0.25, 0.3) is 121 Å². The number of fused-ring (bicyclic) bond motifs is 10. The monoisotopic (exact) mass is 788 g/mol. The molecular weight excluding hydrogens is 753 g/mol. The molecule has 0 saturated carbocycles. The zero-order valence-electron chi connectivity index (χ0n) is 33.6. The van der Waals surface area contributed by atoms with Crippen molar-refractivity contribution in [3.63, 3.8) is 0 Å². The highest BCUT2D eigenvalue weighted by Gasteiger charge is 2.22. The van der Waals surface area contributed by atoms with Crippen molar-refractivity contribution in [2.24, 2.45) is 0 Å². The van der Waals surface area contributed by atoms with Gasteiger partial charge in [0.2, 0.25) is 0 Å². The van der Waals surface area contributed by atoms with Gasteiger partial charge < -0.3 is 9.13 Å². The summed E-state index contributed by atoms with van der Waals surface area (Å²) in [5, 5.41) is 12.1. The Morgan fingerprint density at radius 2 is 0.903 bits per heavy atom. The van der Waals surface area contributed by atoms with Crippen LogP contribution >= 0.6 is 0 Å². The summed E-state index contributed by atoms with van der Waals surface area (Å²) in [6.07, 6.45) is 0. The Morgan fingerprint density at radius 1 is 0.290 bits per heavy atom. The molecule has 13 rings (SSSR count). The molecule has 0 amide bonds. The van der Waals surface area contributed by atoms with Gasteiger partial charge in [-0.2, -0.15) is 0 Å². The van der Waals surface area contributed by atoms with Gasteiger partial charge in [0.25, 0.3) is 0 Å². The summed E-state index contributed by atoms with van der Waals surface area (Å²) in [6.45, 7) is 0. The Bertz CT molecular complexity index is 3920. The van der Waals surface area contributed by atoms with Crippen molar-refractivity contribution in [1.82, 2.24) is 19.1 Å². The molecule has 0 radical (unpaired) electrons. The summed E-state index contributed by atoms with van der Waals surface area (Å²) >= 11 is 0. The molecule has 62 heavy (non-hydrogen) atoms. The lowest BCUT2D eigenvalue weighted by molar-refractivity contribution is 1.16. The second kappa shape index (κ2) is 13.6. The van der Waals surface area contributed by atoms with Gasteiger partial charge in [0.1, 0.15) is 0 Å². The van der Waals surface area contributed by atoms with Crippen LogP contribution in [0.15, 0.2) is 218 Å². The zero-order valence-corrected chi connectivity index (χ0v) is 33.6. The highest BCUT2D eigenvalue weighted by atomic mass is 15.0. The van der Waals surface area contributed by atoms with Crippen LogP contribution in [0.3, 0.4) is 0 Å². The predicted molar refractivity (Wildman–Crippen MR) is 260 cm³/mol. The number of rotatable bonds is 5. The van der Waals surface area contributed by atoms with Crippen LogP contribution in [0.2, 0.25) is 0 Å². The quantitative estimate of drug-likeness (QED) is 0.174. The van der Waals surface area contributed by atoms with E-state index in [1.54, 1.807) is 0 Å². The van der Waals surface area contributed by atoms with E-state index >= 15 is 0 Å². The molecule has 0 aliphatic carbocycles. The first-order valence-electron chi connectivity index (χ1n) is 21.2. The highest BCUT2D eigenvalue weighted by molar-refractivity contribution is 6.25. The van der Waals surface area contributed by atoms with E-state index in [1.807, 2.05) is 6.07 Å². The normalized spacial score (nSPS) is 11.9. The summed E-state index contributed by atoms with van der Waals surface area (Å²) in [4.78, 5) is 10.7. The van der Waals surface area contributed by atoms with Crippen molar-refractivity contribution in [3.05, 3.63) is 218 Å². The van der Waals surface area contributed by atoms with Gasteiger partial charge in [-0.15, -0.1) is 0 Å². The first-order chi connectivity index (χ1) is 30.7. The van der Waals surface area contributed by atoms with Crippen molar-refractivity contribution in [2.45, 2.75) is 0 Å². The maximum absolute atomic E-state index is 5.37. The Kier molecular flexibility index (Phi) is 7.57. The predicted octanol–water partition coefficient (Wildman–Crippen LogP) is 15.1. The third kappa shape index (κ3) is 5.33. The number of nitrogens with zero attached hydrogens (tertiary/aromatic N) is 4. The lowest BCUT2D eigenvalue weighted by Crippen LogP contribution is -2.00. The maximum atomic E-state index is 5.37. The van der Waals surface area contributed by atoms with Crippen LogP contribution < -0.4 is 0 Å². The van der Waals surface area contributed by atoms with Crippen LogP contribution in [0, 0.1) is 0 Å². The smallest absolute Gasteiger partial charge is 0.160 e. The highest BCUT2D eigenvalue weighted by Crippen LogP contribution is 2.43. The third-order valence-electron chi connectivity index (χ3n) is 12.6. The van der Waals surface area contributed by atoms with Gasteiger partial charge in [0.15, 0.2) is 5.82 Å². The van der Waals surface area contributed by atoms with Crippen molar-refractivity contribution in [1.29, 1.82) is 0 Å². The summed E-state index contributed by atoms with van der Waals surface area (Å²) in [5.74, 6) is 0.681. The summed E-state index contributed by atoms with van der Waals surface area (Å²) < 4.78 is 4.90.